The lowest BCUT2D eigenvalue weighted by Gasteiger charge is -2.25. The molecule has 0 bridgehead atoms. The summed E-state index contributed by atoms with van der Waals surface area (Å²) in [6.45, 7) is 1.80. The van der Waals surface area contributed by atoms with Crippen LogP contribution in [0.2, 0.25) is 0 Å². The molecule has 0 amide bonds. The van der Waals surface area contributed by atoms with Crippen molar-refractivity contribution in [3.63, 3.8) is 0 Å². The van der Waals surface area contributed by atoms with Crippen LogP contribution < -0.4 is 0 Å². The van der Waals surface area contributed by atoms with Crippen LogP contribution in [-0.2, 0) is 5.41 Å². The molecule has 0 saturated carbocycles. The van der Waals surface area contributed by atoms with Gasteiger partial charge < -0.3 is 0 Å². The van der Waals surface area contributed by atoms with Gasteiger partial charge >= 0.3 is 0 Å². The second kappa shape index (κ2) is 5.89. The number of nitriles is 1. The molecule has 0 aromatic heterocycles. The van der Waals surface area contributed by atoms with Crippen LogP contribution >= 0.6 is 0 Å². The zero-order chi connectivity index (χ0) is 13.6. The maximum absolute atomic E-state index is 9.79. The summed E-state index contributed by atoms with van der Waals surface area (Å²) in [6, 6.07) is 22.2. The lowest BCUT2D eigenvalue weighted by Crippen LogP contribution is -2.25. The van der Waals surface area contributed by atoms with E-state index in [4.69, 9.17) is 0 Å². The lowest BCUT2D eigenvalue weighted by molar-refractivity contribution is 0.681. The van der Waals surface area contributed by atoms with E-state index in [2.05, 4.69) is 17.9 Å². The fourth-order valence-corrected chi connectivity index (χ4v) is 2.21. The number of hydrogen-bond acceptors (Lipinski definition) is 1. The Labute approximate surface area is 114 Å². The van der Waals surface area contributed by atoms with Gasteiger partial charge in [0.05, 0.1) is 6.07 Å². The summed E-state index contributed by atoms with van der Waals surface area (Å²) in [5, 5.41) is 9.79. The Morgan fingerprint density at radius 3 is 1.74 bits per heavy atom. The van der Waals surface area contributed by atoms with Gasteiger partial charge in [0.1, 0.15) is 5.41 Å². The third-order valence-corrected chi connectivity index (χ3v) is 3.25. The molecule has 92 valence electrons. The van der Waals surface area contributed by atoms with Crippen molar-refractivity contribution in [3.05, 3.63) is 71.8 Å². The topological polar surface area (TPSA) is 23.8 Å². The minimum atomic E-state index is -0.689. The summed E-state index contributed by atoms with van der Waals surface area (Å²) < 4.78 is 0. The van der Waals surface area contributed by atoms with Gasteiger partial charge in [0, 0.05) is 6.42 Å². The average Bonchev–Trinajstić information content (AvgIpc) is 2.51. The predicted molar refractivity (Wildman–Crippen MR) is 77.3 cm³/mol. The summed E-state index contributed by atoms with van der Waals surface area (Å²) in [6.07, 6.45) is 0.508. The van der Waals surface area contributed by atoms with Crippen molar-refractivity contribution in [1.82, 2.24) is 0 Å². The molecule has 0 N–H and O–H groups in total. The smallest absolute Gasteiger partial charge is 0.118 e. The summed E-state index contributed by atoms with van der Waals surface area (Å²) in [4.78, 5) is 0. The second-order valence-corrected chi connectivity index (χ2v) is 4.35. The Bertz CT molecular complexity index is 585. The first-order valence-corrected chi connectivity index (χ1v) is 6.25. The summed E-state index contributed by atoms with van der Waals surface area (Å²) in [5.41, 5.74) is 1.30. The Balaban J connectivity index is 2.61. The molecule has 1 heteroatoms. The predicted octanol–water partition coefficient (Wildman–Crippen LogP) is 3.91. The van der Waals surface area contributed by atoms with Crippen molar-refractivity contribution in [2.24, 2.45) is 0 Å². The van der Waals surface area contributed by atoms with Crippen molar-refractivity contribution < 1.29 is 0 Å². The highest BCUT2D eigenvalue weighted by Gasteiger charge is 2.33. The molecule has 0 aliphatic rings. The van der Waals surface area contributed by atoms with Crippen molar-refractivity contribution >= 4 is 0 Å². The Morgan fingerprint density at radius 2 is 1.37 bits per heavy atom. The molecule has 0 unspecified atom stereocenters. The van der Waals surface area contributed by atoms with E-state index >= 15 is 0 Å². The molecule has 0 aliphatic carbocycles. The largest absolute Gasteiger partial charge is 0.197 e. The van der Waals surface area contributed by atoms with Crippen LogP contribution in [0.4, 0.5) is 0 Å². The minimum Gasteiger partial charge on any atom is -0.197 e. The monoisotopic (exact) mass is 245 g/mol. The molecule has 0 spiro atoms. The fraction of sp³-hybridized carbons (Fsp3) is 0.167. The molecular formula is C18H15N. The number of nitrogens with zero attached hydrogens (tertiary/aromatic N) is 1. The Hall–Kier alpha value is -2.51. The first kappa shape index (κ1) is 12.9. The van der Waals surface area contributed by atoms with Crippen LogP contribution in [0.5, 0.6) is 0 Å². The highest BCUT2D eigenvalue weighted by molar-refractivity contribution is 5.47. The molecular weight excluding hydrogens is 230 g/mol. The van der Waals surface area contributed by atoms with E-state index in [1.807, 2.05) is 60.7 Å². The van der Waals surface area contributed by atoms with E-state index in [1.54, 1.807) is 6.92 Å². The number of hydrogen-bond donors (Lipinski definition) is 0. The molecule has 2 rings (SSSR count). The highest BCUT2D eigenvalue weighted by Crippen LogP contribution is 2.34. The quantitative estimate of drug-likeness (QED) is 0.752. The van der Waals surface area contributed by atoms with Crippen LogP contribution in [-0.4, -0.2) is 0 Å². The number of rotatable bonds is 3. The molecule has 1 nitrogen and oxygen atoms in total. The average molecular weight is 245 g/mol. The van der Waals surface area contributed by atoms with Gasteiger partial charge in [-0.05, 0) is 18.1 Å². The standard InChI is InChI=1S/C18H15N/c1-2-3-14-18(15-19,16-10-6-4-7-11-16)17-12-8-5-9-13-17/h4-13H,14H2,1H3. The molecule has 0 aliphatic heterocycles. The molecule has 0 saturated heterocycles. The third-order valence-electron chi connectivity index (χ3n) is 3.25. The van der Waals surface area contributed by atoms with Gasteiger partial charge in [-0.1, -0.05) is 60.7 Å². The molecule has 2 aromatic rings. The highest BCUT2D eigenvalue weighted by atomic mass is 14.4. The van der Waals surface area contributed by atoms with Crippen molar-refractivity contribution in [2.45, 2.75) is 18.8 Å². The summed E-state index contributed by atoms with van der Waals surface area (Å²) in [7, 11) is 0. The van der Waals surface area contributed by atoms with Gasteiger partial charge in [-0.15, -0.1) is 11.8 Å². The lowest BCUT2D eigenvalue weighted by atomic mass is 9.73. The van der Waals surface area contributed by atoms with Crippen molar-refractivity contribution in [3.8, 4) is 17.9 Å². The van der Waals surface area contributed by atoms with Gasteiger partial charge in [-0.2, -0.15) is 5.26 Å². The van der Waals surface area contributed by atoms with E-state index < -0.39 is 5.41 Å². The molecule has 0 radical (unpaired) electrons. The van der Waals surface area contributed by atoms with Gasteiger partial charge in [0.15, 0.2) is 0 Å². The SMILES string of the molecule is CC#CCC(C#N)(c1ccccc1)c1ccccc1. The van der Waals surface area contributed by atoms with Crippen LogP contribution in [0.25, 0.3) is 0 Å². The van der Waals surface area contributed by atoms with Crippen molar-refractivity contribution in [2.75, 3.05) is 0 Å². The Morgan fingerprint density at radius 1 is 0.895 bits per heavy atom. The summed E-state index contributed by atoms with van der Waals surface area (Å²) >= 11 is 0. The third kappa shape index (κ3) is 2.51. The second-order valence-electron chi connectivity index (χ2n) is 4.35. The van der Waals surface area contributed by atoms with E-state index in [9.17, 15) is 5.26 Å². The maximum atomic E-state index is 9.79. The fourth-order valence-electron chi connectivity index (χ4n) is 2.21. The number of benzene rings is 2. The van der Waals surface area contributed by atoms with Crippen molar-refractivity contribution in [1.29, 1.82) is 5.26 Å². The van der Waals surface area contributed by atoms with Crippen LogP contribution in [0.1, 0.15) is 24.5 Å². The van der Waals surface area contributed by atoms with Gasteiger partial charge in [-0.3, -0.25) is 0 Å². The van der Waals surface area contributed by atoms with Crippen LogP contribution in [0, 0.1) is 23.2 Å². The zero-order valence-corrected chi connectivity index (χ0v) is 10.9. The molecule has 0 atom stereocenters. The maximum Gasteiger partial charge on any atom is 0.118 e. The van der Waals surface area contributed by atoms with Crippen LogP contribution in [0.3, 0.4) is 0 Å². The zero-order valence-electron chi connectivity index (χ0n) is 10.9. The van der Waals surface area contributed by atoms with E-state index in [1.165, 1.54) is 0 Å². The first-order chi connectivity index (χ1) is 9.33. The first-order valence-electron chi connectivity index (χ1n) is 6.25. The molecule has 0 fully saturated rings. The van der Waals surface area contributed by atoms with Crippen LogP contribution in [0.15, 0.2) is 60.7 Å². The molecule has 2 aromatic carbocycles. The normalized spacial score (nSPS) is 10.1. The van der Waals surface area contributed by atoms with E-state index in [-0.39, 0.29) is 0 Å². The minimum absolute atomic E-state index is 0.508. The van der Waals surface area contributed by atoms with E-state index in [0.717, 1.165) is 11.1 Å². The van der Waals surface area contributed by atoms with Gasteiger partial charge in [-0.25, -0.2) is 0 Å². The summed E-state index contributed by atoms with van der Waals surface area (Å²) in [5.74, 6) is 5.96. The molecule has 0 heterocycles. The van der Waals surface area contributed by atoms with Gasteiger partial charge in [0.2, 0.25) is 0 Å². The Kier molecular flexibility index (Phi) is 4.01. The van der Waals surface area contributed by atoms with E-state index in [0.29, 0.717) is 6.42 Å². The van der Waals surface area contributed by atoms with Gasteiger partial charge in [0.25, 0.3) is 0 Å². The molecule has 19 heavy (non-hydrogen) atoms.